The van der Waals surface area contributed by atoms with E-state index in [0.29, 0.717) is 0 Å². The van der Waals surface area contributed by atoms with E-state index >= 15 is 0 Å². The van der Waals surface area contributed by atoms with E-state index in [1.54, 1.807) is 0 Å². The van der Waals surface area contributed by atoms with Gasteiger partial charge in [-0.25, -0.2) is 0 Å². The molecule has 1 saturated carbocycles. The fraction of sp³-hybridized carbons (Fsp3) is 1.00. The number of nitrogens with two attached hydrogens (primary N) is 1. The highest BCUT2D eigenvalue weighted by atomic mass is 16.5. The minimum absolute atomic E-state index is 0.0461. The average molecular weight is 226 g/mol. The van der Waals surface area contributed by atoms with E-state index in [9.17, 15) is 0 Å². The van der Waals surface area contributed by atoms with Crippen molar-refractivity contribution in [2.45, 2.75) is 57.1 Å². The maximum absolute atomic E-state index is 5.98. The molecule has 2 fully saturated rings. The van der Waals surface area contributed by atoms with Crippen molar-refractivity contribution < 1.29 is 4.74 Å². The Morgan fingerprint density at radius 2 is 2.25 bits per heavy atom. The first kappa shape index (κ1) is 12.3. The maximum Gasteiger partial charge on any atom is 0.0779 e. The van der Waals surface area contributed by atoms with Crippen LogP contribution >= 0.6 is 0 Å². The van der Waals surface area contributed by atoms with E-state index in [1.807, 2.05) is 0 Å². The first-order valence-electron chi connectivity index (χ1n) is 6.73. The van der Waals surface area contributed by atoms with Crippen LogP contribution < -0.4 is 11.1 Å². The lowest BCUT2D eigenvalue weighted by molar-refractivity contribution is 0.0127. The SMILES string of the molecule is CCC(CN)(NCC1(C)CCCO1)C1CC1. The second kappa shape index (κ2) is 4.63. The molecule has 1 heterocycles. The van der Waals surface area contributed by atoms with Crippen LogP contribution in [0.4, 0.5) is 0 Å². The molecule has 0 aromatic heterocycles. The molecule has 2 rings (SSSR count). The minimum Gasteiger partial charge on any atom is -0.374 e. The van der Waals surface area contributed by atoms with Crippen molar-refractivity contribution in [3.05, 3.63) is 0 Å². The number of hydrogen-bond acceptors (Lipinski definition) is 3. The molecular weight excluding hydrogens is 200 g/mol. The summed E-state index contributed by atoms with van der Waals surface area (Å²) in [5.41, 5.74) is 6.21. The quantitative estimate of drug-likeness (QED) is 0.724. The van der Waals surface area contributed by atoms with Gasteiger partial charge in [-0.1, -0.05) is 6.92 Å². The monoisotopic (exact) mass is 226 g/mol. The summed E-state index contributed by atoms with van der Waals surface area (Å²) in [6.45, 7) is 7.09. The van der Waals surface area contributed by atoms with E-state index in [2.05, 4.69) is 19.2 Å². The summed E-state index contributed by atoms with van der Waals surface area (Å²) in [6.07, 6.45) is 6.19. The van der Waals surface area contributed by atoms with Crippen molar-refractivity contribution in [3.63, 3.8) is 0 Å². The van der Waals surface area contributed by atoms with Crippen LogP contribution in [0.1, 0.15) is 46.0 Å². The first-order valence-corrected chi connectivity index (χ1v) is 6.73. The van der Waals surface area contributed by atoms with Crippen LogP contribution in [0, 0.1) is 5.92 Å². The molecule has 0 spiro atoms. The summed E-state index contributed by atoms with van der Waals surface area (Å²) in [4.78, 5) is 0. The zero-order valence-electron chi connectivity index (χ0n) is 10.7. The highest BCUT2D eigenvalue weighted by molar-refractivity contribution is 5.02. The summed E-state index contributed by atoms with van der Waals surface area (Å²) in [6, 6.07) is 0. The van der Waals surface area contributed by atoms with Crippen LogP contribution in [-0.4, -0.2) is 30.8 Å². The van der Waals surface area contributed by atoms with E-state index in [1.165, 1.54) is 25.7 Å². The molecule has 3 nitrogen and oxygen atoms in total. The molecule has 0 bridgehead atoms. The molecule has 0 aromatic rings. The predicted molar refractivity (Wildman–Crippen MR) is 66.4 cm³/mol. The Kier molecular flexibility index (Phi) is 3.57. The Labute approximate surface area is 99.1 Å². The third-order valence-corrected chi connectivity index (χ3v) is 4.47. The average Bonchev–Trinajstić information content (AvgIpc) is 3.05. The fourth-order valence-corrected chi connectivity index (χ4v) is 2.92. The van der Waals surface area contributed by atoms with Gasteiger partial charge >= 0.3 is 0 Å². The lowest BCUT2D eigenvalue weighted by Gasteiger charge is -2.36. The van der Waals surface area contributed by atoms with Crippen LogP contribution in [0.3, 0.4) is 0 Å². The Morgan fingerprint density at radius 3 is 2.69 bits per heavy atom. The Bertz CT molecular complexity index is 228. The predicted octanol–water partition coefficient (Wildman–Crippen LogP) is 1.66. The number of ether oxygens (including phenoxy) is 1. The number of hydrogen-bond donors (Lipinski definition) is 2. The van der Waals surface area contributed by atoms with Crippen LogP contribution in [0.2, 0.25) is 0 Å². The Morgan fingerprint density at radius 1 is 1.50 bits per heavy atom. The number of rotatable bonds is 6. The van der Waals surface area contributed by atoms with E-state index < -0.39 is 0 Å². The van der Waals surface area contributed by atoms with E-state index in [4.69, 9.17) is 10.5 Å². The van der Waals surface area contributed by atoms with Gasteiger partial charge in [0.1, 0.15) is 0 Å². The van der Waals surface area contributed by atoms with Crippen LogP contribution in [-0.2, 0) is 4.74 Å². The summed E-state index contributed by atoms with van der Waals surface area (Å²) in [5, 5.41) is 3.73. The molecule has 2 aliphatic rings. The molecule has 16 heavy (non-hydrogen) atoms. The van der Waals surface area contributed by atoms with Gasteiger partial charge < -0.3 is 15.8 Å². The summed E-state index contributed by atoms with van der Waals surface area (Å²) < 4.78 is 5.82. The molecule has 2 atom stereocenters. The van der Waals surface area contributed by atoms with Crippen LogP contribution in [0.15, 0.2) is 0 Å². The highest BCUT2D eigenvalue weighted by Gasteiger charge is 2.44. The minimum atomic E-state index is 0.0461. The van der Waals surface area contributed by atoms with Gasteiger partial charge in [-0.3, -0.25) is 0 Å². The second-order valence-corrected chi connectivity index (χ2v) is 5.74. The molecular formula is C13H26N2O. The maximum atomic E-state index is 5.98. The van der Waals surface area contributed by atoms with Crippen molar-refractivity contribution in [3.8, 4) is 0 Å². The Hall–Kier alpha value is -0.120. The molecule has 3 N–H and O–H groups in total. The van der Waals surface area contributed by atoms with Gasteiger partial charge in [0.2, 0.25) is 0 Å². The molecule has 94 valence electrons. The molecule has 2 unspecified atom stereocenters. The topological polar surface area (TPSA) is 47.3 Å². The third kappa shape index (κ3) is 2.41. The van der Waals surface area contributed by atoms with Crippen LogP contribution in [0.25, 0.3) is 0 Å². The highest BCUT2D eigenvalue weighted by Crippen LogP contribution is 2.41. The molecule has 1 saturated heterocycles. The molecule has 1 aliphatic carbocycles. The van der Waals surface area contributed by atoms with Gasteiger partial charge in [-0.15, -0.1) is 0 Å². The van der Waals surface area contributed by atoms with Gasteiger partial charge in [0, 0.05) is 25.2 Å². The van der Waals surface area contributed by atoms with Gasteiger partial charge in [0.15, 0.2) is 0 Å². The third-order valence-electron chi connectivity index (χ3n) is 4.47. The van der Waals surface area contributed by atoms with Crippen molar-refractivity contribution in [2.75, 3.05) is 19.7 Å². The van der Waals surface area contributed by atoms with Crippen molar-refractivity contribution in [1.82, 2.24) is 5.32 Å². The number of nitrogens with one attached hydrogen (secondary N) is 1. The van der Waals surface area contributed by atoms with Gasteiger partial charge in [-0.2, -0.15) is 0 Å². The largest absolute Gasteiger partial charge is 0.374 e. The summed E-state index contributed by atoms with van der Waals surface area (Å²) in [5.74, 6) is 0.799. The van der Waals surface area contributed by atoms with Gasteiger partial charge in [0.05, 0.1) is 5.60 Å². The molecule has 1 aliphatic heterocycles. The van der Waals surface area contributed by atoms with E-state index in [0.717, 1.165) is 32.0 Å². The van der Waals surface area contributed by atoms with Gasteiger partial charge in [-0.05, 0) is 44.9 Å². The zero-order valence-corrected chi connectivity index (χ0v) is 10.7. The van der Waals surface area contributed by atoms with E-state index in [-0.39, 0.29) is 11.1 Å². The first-order chi connectivity index (χ1) is 7.64. The lowest BCUT2D eigenvalue weighted by Crippen LogP contribution is -2.56. The van der Waals surface area contributed by atoms with Crippen LogP contribution in [0.5, 0.6) is 0 Å². The van der Waals surface area contributed by atoms with Crippen molar-refractivity contribution >= 4 is 0 Å². The summed E-state index contributed by atoms with van der Waals surface area (Å²) >= 11 is 0. The smallest absolute Gasteiger partial charge is 0.0779 e. The normalized spacial score (nSPS) is 33.9. The molecule has 0 radical (unpaired) electrons. The van der Waals surface area contributed by atoms with Gasteiger partial charge in [0.25, 0.3) is 0 Å². The Balaban J connectivity index is 1.90. The molecule has 0 aromatic carbocycles. The molecule has 0 amide bonds. The fourth-order valence-electron chi connectivity index (χ4n) is 2.92. The van der Waals surface area contributed by atoms with Crippen molar-refractivity contribution in [1.29, 1.82) is 0 Å². The molecule has 3 heteroatoms. The second-order valence-electron chi connectivity index (χ2n) is 5.74. The zero-order chi connectivity index (χ0) is 11.6. The lowest BCUT2D eigenvalue weighted by atomic mass is 9.88. The standard InChI is InChI=1S/C13H26N2O/c1-3-13(9-14,11-5-6-11)15-10-12(2)7-4-8-16-12/h11,15H,3-10,14H2,1-2H3. The van der Waals surface area contributed by atoms with Crippen molar-refractivity contribution in [2.24, 2.45) is 11.7 Å². The summed E-state index contributed by atoms with van der Waals surface area (Å²) in [7, 11) is 0.